The molecular weight excluding hydrogens is 306 g/mol. The van der Waals surface area contributed by atoms with Gasteiger partial charge in [0.2, 0.25) is 0 Å². The Morgan fingerprint density at radius 1 is 1.08 bits per heavy atom. The highest BCUT2D eigenvalue weighted by atomic mass is 16.5. The number of aromatic nitrogens is 1. The predicted molar refractivity (Wildman–Crippen MR) is 93.7 cm³/mol. The molecule has 0 unspecified atom stereocenters. The van der Waals surface area contributed by atoms with Gasteiger partial charge in [0.15, 0.2) is 0 Å². The summed E-state index contributed by atoms with van der Waals surface area (Å²) in [4.78, 5) is 28.1. The Bertz CT molecular complexity index is 683. The van der Waals surface area contributed by atoms with Gasteiger partial charge in [0, 0.05) is 31.3 Å². The standard InChI is InChI=1S/C18H23N3O3/c1-2-3-12-24-13-6-11-20-17(22)18(23)21-15-9-4-7-14-8-5-10-19-16(14)15/h4-5,7-10H,2-3,6,11-13H2,1H3,(H,20,22)(H,21,23). The minimum atomic E-state index is -0.694. The molecule has 0 aliphatic heterocycles. The topological polar surface area (TPSA) is 80.3 Å². The van der Waals surface area contributed by atoms with Crippen LogP contribution in [-0.2, 0) is 14.3 Å². The van der Waals surface area contributed by atoms with Crippen LogP contribution in [0, 0.1) is 0 Å². The zero-order valence-electron chi connectivity index (χ0n) is 13.9. The van der Waals surface area contributed by atoms with E-state index in [1.165, 1.54) is 0 Å². The molecular formula is C18H23N3O3. The van der Waals surface area contributed by atoms with Gasteiger partial charge in [0.25, 0.3) is 0 Å². The lowest BCUT2D eigenvalue weighted by atomic mass is 10.2. The molecule has 1 aromatic heterocycles. The highest BCUT2D eigenvalue weighted by molar-refractivity contribution is 6.40. The van der Waals surface area contributed by atoms with Gasteiger partial charge in [-0.05, 0) is 25.0 Å². The van der Waals surface area contributed by atoms with E-state index in [-0.39, 0.29) is 0 Å². The van der Waals surface area contributed by atoms with Gasteiger partial charge in [-0.1, -0.05) is 31.5 Å². The van der Waals surface area contributed by atoms with E-state index in [0.29, 0.717) is 30.8 Å². The summed E-state index contributed by atoms with van der Waals surface area (Å²) < 4.78 is 5.40. The first kappa shape index (κ1) is 17.9. The molecule has 2 amide bonds. The van der Waals surface area contributed by atoms with E-state index in [1.54, 1.807) is 12.3 Å². The summed E-state index contributed by atoms with van der Waals surface area (Å²) in [6.45, 7) is 3.83. The second-order valence-electron chi connectivity index (χ2n) is 5.41. The number of benzene rings is 1. The zero-order chi connectivity index (χ0) is 17.2. The molecule has 0 fully saturated rings. The first-order valence-electron chi connectivity index (χ1n) is 8.23. The summed E-state index contributed by atoms with van der Waals surface area (Å²) in [5.41, 5.74) is 1.18. The number of hydrogen-bond donors (Lipinski definition) is 2. The average Bonchev–Trinajstić information content (AvgIpc) is 2.61. The van der Waals surface area contributed by atoms with Crippen molar-refractivity contribution in [1.29, 1.82) is 0 Å². The minimum absolute atomic E-state index is 0.409. The number of fused-ring (bicyclic) bond motifs is 1. The van der Waals surface area contributed by atoms with Gasteiger partial charge in [-0.15, -0.1) is 0 Å². The maximum absolute atomic E-state index is 12.0. The number of hydrogen-bond acceptors (Lipinski definition) is 4. The van der Waals surface area contributed by atoms with E-state index >= 15 is 0 Å². The molecule has 24 heavy (non-hydrogen) atoms. The molecule has 0 bridgehead atoms. The second-order valence-corrected chi connectivity index (χ2v) is 5.41. The smallest absolute Gasteiger partial charge is 0.313 e. The van der Waals surface area contributed by atoms with Gasteiger partial charge < -0.3 is 15.4 Å². The van der Waals surface area contributed by atoms with E-state index in [2.05, 4.69) is 22.5 Å². The lowest BCUT2D eigenvalue weighted by Crippen LogP contribution is -2.36. The van der Waals surface area contributed by atoms with Crippen molar-refractivity contribution < 1.29 is 14.3 Å². The average molecular weight is 329 g/mol. The molecule has 0 aliphatic rings. The summed E-state index contributed by atoms with van der Waals surface area (Å²) in [7, 11) is 0. The van der Waals surface area contributed by atoms with Crippen molar-refractivity contribution in [2.75, 3.05) is 25.1 Å². The number of nitrogens with one attached hydrogen (secondary N) is 2. The molecule has 0 radical (unpaired) electrons. The summed E-state index contributed by atoms with van der Waals surface area (Å²) in [6.07, 6.45) is 4.46. The number of rotatable bonds is 8. The van der Waals surface area contributed by atoms with Gasteiger partial charge >= 0.3 is 11.8 Å². The number of nitrogens with zero attached hydrogens (tertiary/aromatic N) is 1. The van der Waals surface area contributed by atoms with E-state index in [4.69, 9.17) is 4.74 Å². The highest BCUT2D eigenvalue weighted by Crippen LogP contribution is 2.20. The van der Waals surface area contributed by atoms with Crippen LogP contribution in [0.15, 0.2) is 36.5 Å². The number of unbranched alkanes of at least 4 members (excludes halogenated alkanes) is 1. The zero-order valence-corrected chi connectivity index (χ0v) is 13.9. The largest absolute Gasteiger partial charge is 0.381 e. The van der Waals surface area contributed by atoms with Crippen LogP contribution in [0.25, 0.3) is 10.9 Å². The van der Waals surface area contributed by atoms with Crippen LogP contribution in [0.3, 0.4) is 0 Å². The monoisotopic (exact) mass is 329 g/mol. The van der Waals surface area contributed by atoms with Crippen molar-refractivity contribution in [3.63, 3.8) is 0 Å². The van der Waals surface area contributed by atoms with Gasteiger partial charge in [0.1, 0.15) is 0 Å². The molecule has 0 saturated carbocycles. The molecule has 2 aromatic rings. The molecule has 2 rings (SSSR count). The number of carbonyl (C=O) groups is 2. The Kier molecular flexibility index (Phi) is 7.17. The normalized spacial score (nSPS) is 10.5. The van der Waals surface area contributed by atoms with Crippen LogP contribution in [0.1, 0.15) is 26.2 Å². The fourth-order valence-electron chi connectivity index (χ4n) is 2.19. The number of pyridine rings is 1. The Morgan fingerprint density at radius 3 is 2.71 bits per heavy atom. The molecule has 6 nitrogen and oxygen atoms in total. The molecule has 0 spiro atoms. The first-order chi connectivity index (χ1) is 11.7. The fraction of sp³-hybridized carbons (Fsp3) is 0.389. The van der Waals surface area contributed by atoms with Crippen molar-refractivity contribution >= 4 is 28.4 Å². The predicted octanol–water partition coefficient (Wildman–Crippen LogP) is 2.50. The Morgan fingerprint density at radius 2 is 1.88 bits per heavy atom. The third-order valence-electron chi connectivity index (χ3n) is 3.48. The molecule has 6 heteroatoms. The van der Waals surface area contributed by atoms with Gasteiger partial charge in [0.05, 0.1) is 11.2 Å². The van der Waals surface area contributed by atoms with Crippen molar-refractivity contribution in [3.8, 4) is 0 Å². The van der Waals surface area contributed by atoms with E-state index in [0.717, 1.165) is 24.8 Å². The number of ether oxygens (including phenoxy) is 1. The maximum Gasteiger partial charge on any atom is 0.313 e. The highest BCUT2D eigenvalue weighted by Gasteiger charge is 2.14. The van der Waals surface area contributed by atoms with Crippen molar-refractivity contribution in [2.24, 2.45) is 0 Å². The molecule has 0 saturated heterocycles. The Balaban J connectivity index is 1.78. The summed E-state index contributed by atoms with van der Waals surface area (Å²) >= 11 is 0. The van der Waals surface area contributed by atoms with Crippen LogP contribution in [0.5, 0.6) is 0 Å². The molecule has 0 atom stereocenters. The molecule has 2 N–H and O–H groups in total. The summed E-state index contributed by atoms with van der Waals surface area (Å²) in [5, 5.41) is 6.10. The third-order valence-corrected chi connectivity index (χ3v) is 3.48. The van der Waals surface area contributed by atoms with Crippen LogP contribution >= 0.6 is 0 Å². The molecule has 1 aromatic carbocycles. The maximum atomic E-state index is 12.0. The Hall–Kier alpha value is -2.47. The third kappa shape index (κ3) is 5.31. The summed E-state index contributed by atoms with van der Waals surface area (Å²) in [5.74, 6) is -1.35. The summed E-state index contributed by atoms with van der Waals surface area (Å²) in [6, 6.07) is 9.16. The Labute approximate surface area is 141 Å². The molecule has 1 heterocycles. The van der Waals surface area contributed by atoms with Crippen LogP contribution < -0.4 is 10.6 Å². The fourth-order valence-corrected chi connectivity index (χ4v) is 2.19. The number of para-hydroxylation sites is 1. The van der Waals surface area contributed by atoms with Crippen molar-refractivity contribution in [3.05, 3.63) is 36.5 Å². The lowest BCUT2D eigenvalue weighted by Gasteiger charge is -2.08. The van der Waals surface area contributed by atoms with E-state index in [9.17, 15) is 9.59 Å². The van der Waals surface area contributed by atoms with Crippen molar-refractivity contribution in [1.82, 2.24) is 10.3 Å². The number of carbonyl (C=O) groups excluding carboxylic acids is 2. The molecule has 0 aliphatic carbocycles. The van der Waals surface area contributed by atoms with Gasteiger partial charge in [-0.25, -0.2) is 0 Å². The van der Waals surface area contributed by atoms with Crippen LogP contribution in [0.4, 0.5) is 5.69 Å². The van der Waals surface area contributed by atoms with Gasteiger partial charge in [-0.3, -0.25) is 14.6 Å². The quantitative estimate of drug-likeness (QED) is 0.576. The second kappa shape index (κ2) is 9.62. The van der Waals surface area contributed by atoms with Crippen LogP contribution in [0.2, 0.25) is 0 Å². The van der Waals surface area contributed by atoms with Crippen molar-refractivity contribution in [2.45, 2.75) is 26.2 Å². The lowest BCUT2D eigenvalue weighted by molar-refractivity contribution is -0.136. The first-order valence-corrected chi connectivity index (χ1v) is 8.23. The minimum Gasteiger partial charge on any atom is -0.381 e. The van der Waals surface area contributed by atoms with Gasteiger partial charge in [-0.2, -0.15) is 0 Å². The number of anilines is 1. The van der Waals surface area contributed by atoms with E-state index in [1.807, 2.05) is 24.3 Å². The SMILES string of the molecule is CCCCOCCCNC(=O)C(=O)Nc1cccc2cccnc12. The van der Waals surface area contributed by atoms with E-state index < -0.39 is 11.8 Å². The van der Waals surface area contributed by atoms with Crippen LogP contribution in [-0.4, -0.2) is 36.6 Å². The molecule has 128 valence electrons. The number of amides is 2.